The van der Waals surface area contributed by atoms with Crippen molar-refractivity contribution >= 4 is 5.91 Å². The summed E-state index contributed by atoms with van der Waals surface area (Å²) in [6.07, 6.45) is 2.23. The lowest BCUT2D eigenvalue weighted by Gasteiger charge is -2.35. The standard InChI is InChI=1S/C21H28FN5O2/c1-14-9-19(26-29-14)21(28)23-10-15-3-2-8-27(12-15)13-17-11-24-25-20(17)16-4-6-18(22)7-5-16/h4-7,9,15,17,20,24-25H,2-3,8,10-13H2,1H3,(H,23,28). The molecule has 1 amide bonds. The molecule has 0 spiro atoms. The lowest BCUT2D eigenvalue weighted by atomic mass is 9.92. The Bertz CT molecular complexity index is 825. The van der Waals surface area contributed by atoms with Crippen molar-refractivity contribution in [3.63, 3.8) is 0 Å². The molecule has 4 rings (SSSR count). The van der Waals surface area contributed by atoms with Crippen molar-refractivity contribution in [3.8, 4) is 0 Å². The van der Waals surface area contributed by atoms with Gasteiger partial charge in [-0.3, -0.25) is 10.2 Å². The van der Waals surface area contributed by atoms with Crippen LogP contribution in [0.2, 0.25) is 0 Å². The van der Waals surface area contributed by atoms with E-state index in [0.717, 1.165) is 44.6 Å². The van der Waals surface area contributed by atoms with Crippen LogP contribution in [0.5, 0.6) is 0 Å². The molecule has 2 aliphatic rings. The summed E-state index contributed by atoms with van der Waals surface area (Å²) >= 11 is 0. The zero-order valence-corrected chi connectivity index (χ0v) is 16.7. The van der Waals surface area contributed by atoms with E-state index >= 15 is 0 Å². The summed E-state index contributed by atoms with van der Waals surface area (Å²) in [5.74, 6) is 1.07. The van der Waals surface area contributed by atoms with E-state index in [-0.39, 0.29) is 17.8 Å². The Labute approximate surface area is 170 Å². The number of rotatable bonds is 6. The van der Waals surface area contributed by atoms with E-state index in [2.05, 4.69) is 26.2 Å². The molecule has 2 fully saturated rings. The van der Waals surface area contributed by atoms with Gasteiger partial charge in [-0.1, -0.05) is 17.3 Å². The predicted molar refractivity (Wildman–Crippen MR) is 107 cm³/mol. The maximum absolute atomic E-state index is 13.2. The molecular formula is C21H28FN5O2. The summed E-state index contributed by atoms with van der Waals surface area (Å²) in [5, 5.41) is 6.76. The Morgan fingerprint density at radius 2 is 2.21 bits per heavy atom. The van der Waals surface area contributed by atoms with Gasteiger partial charge in [0, 0.05) is 38.2 Å². The van der Waals surface area contributed by atoms with Crippen molar-refractivity contribution in [1.29, 1.82) is 0 Å². The number of nitrogens with zero attached hydrogens (tertiary/aromatic N) is 2. The van der Waals surface area contributed by atoms with Gasteiger partial charge in [-0.05, 0) is 49.9 Å². The molecule has 0 saturated carbocycles. The maximum atomic E-state index is 13.2. The molecule has 0 aliphatic carbocycles. The molecule has 7 nitrogen and oxygen atoms in total. The van der Waals surface area contributed by atoms with E-state index in [4.69, 9.17) is 4.52 Å². The van der Waals surface area contributed by atoms with E-state index in [1.165, 1.54) is 12.1 Å². The number of hydrazine groups is 1. The second kappa shape index (κ2) is 9.02. The van der Waals surface area contributed by atoms with Crippen molar-refractivity contribution in [2.75, 3.05) is 32.7 Å². The molecule has 1 aromatic carbocycles. The molecule has 2 aromatic rings. The molecule has 3 heterocycles. The highest BCUT2D eigenvalue weighted by Crippen LogP contribution is 2.27. The number of likely N-dealkylation sites (tertiary alicyclic amines) is 1. The zero-order chi connectivity index (χ0) is 20.2. The Hall–Kier alpha value is -2.29. The highest BCUT2D eigenvalue weighted by atomic mass is 19.1. The second-order valence-electron chi connectivity index (χ2n) is 8.12. The Morgan fingerprint density at radius 1 is 1.38 bits per heavy atom. The predicted octanol–water partition coefficient (Wildman–Crippen LogP) is 2.03. The quantitative estimate of drug-likeness (QED) is 0.687. The van der Waals surface area contributed by atoms with Gasteiger partial charge < -0.3 is 14.7 Å². The summed E-state index contributed by atoms with van der Waals surface area (Å²) in [6, 6.07) is 8.56. The first kappa shape index (κ1) is 20.0. The van der Waals surface area contributed by atoms with E-state index in [0.29, 0.717) is 29.8 Å². The summed E-state index contributed by atoms with van der Waals surface area (Å²) in [4.78, 5) is 14.7. The van der Waals surface area contributed by atoms with E-state index in [1.807, 2.05) is 12.1 Å². The van der Waals surface area contributed by atoms with Crippen molar-refractivity contribution in [1.82, 2.24) is 26.2 Å². The third-order valence-corrected chi connectivity index (χ3v) is 5.83. The van der Waals surface area contributed by atoms with E-state index in [9.17, 15) is 9.18 Å². The van der Waals surface area contributed by atoms with Gasteiger partial charge in [-0.25, -0.2) is 9.82 Å². The number of hydrogen-bond donors (Lipinski definition) is 3. The first-order valence-corrected chi connectivity index (χ1v) is 10.3. The van der Waals surface area contributed by atoms with Gasteiger partial charge in [0.25, 0.3) is 5.91 Å². The fourth-order valence-electron chi connectivity index (χ4n) is 4.35. The van der Waals surface area contributed by atoms with Crippen molar-refractivity contribution in [2.45, 2.75) is 25.8 Å². The van der Waals surface area contributed by atoms with Crippen LogP contribution in [0.4, 0.5) is 4.39 Å². The monoisotopic (exact) mass is 401 g/mol. The number of piperidine rings is 1. The largest absolute Gasteiger partial charge is 0.361 e. The average Bonchev–Trinajstić information content (AvgIpc) is 3.36. The molecule has 8 heteroatoms. The third-order valence-electron chi connectivity index (χ3n) is 5.83. The highest BCUT2D eigenvalue weighted by molar-refractivity contribution is 5.92. The first-order valence-electron chi connectivity index (χ1n) is 10.3. The van der Waals surface area contributed by atoms with E-state index < -0.39 is 0 Å². The lowest BCUT2D eigenvalue weighted by molar-refractivity contribution is 0.0918. The molecule has 0 radical (unpaired) electrons. The summed E-state index contributed by atoms with van der Waals surface area (Å²) < 4.78 is 18.2. The highest BCUT2D eigenvalue weighted by Gasteiger charge is 2.31. The first-order chi connectivity index (χ1) is 14.1. The molecule has 156 valence electrons. The van der Waals surface area contributed by atoms with Crippen LogP contribution in [0.25, 0.3) is 0 Å². The van der Waals surface area contributed by atoms with Crippen LogP contribution in [0.3, 0.4) is 0 Å². The summed E-state index contributed by atoms with van der Waals surface area (Å²) in [6.45, 7) is 6.29. The fraction of sp³-hybridized carbons (Fsp3) is 0.524. The van der Waals surface area contributed by atoms with Gasteiger partial charge in [0.05, 0.1) is 6.04 Å². The van der Waals surface area contributed by atoms with Crippen LogP contribution in [0, 0.1) is 24.6 Å². The smallest absolute Gasteiger partial charge is 0.273 e. The topological polar surface area (TPSA) is 82.4 Å². The van der Waals surface area contributed by atoms with Gasteiger partial charge in [-0.15, -0.1) is 0 Å². The van der Waals surface area contributed by atoms with Crippen LogP contribution >= 0.6 is 0 Å². The number of aromatic nitrogens is 1. The number of hydrogen-bond acceptors (Lipinski definition) is 6. The molecule has 3 N–H and O–H groups in total. The van der Waals surface area contributed by atoms with Crippen molar-refractivity contribution < 1.29 is 13.7 Å². The molecule has 1 aromatic heterocycles. The SMILES string of the molecule is Cc1cc(C(=O)NCC2CCCN(CC3CNNC3c3ccc(F)cc3)C2)no1. The van der Waals surface area contributed by atoms with Crippen LogP contribution in [0.15, 0.2) is 34.9 Å². The van der Waals surface area contributed by atoms with Gasteiger partial charge in [0.15, 0.2) is 5.69 Å². The Balaban J connectivity index is 1.29. The maximum Gasteiger partial charge on any atom is 0.273 e. The van der Waals surface area contributed by atoms with Gasteiger partial charge in [-0.2, -0.15) is 0 Å². The van der Waals surface area contributed by atoms with Gasteiger partial charge >= 0.3 is 0 Å². The summed E-state index contributed by atoms with van der Waals surface area (Å²) in [5.41, 5.74) is 8.02. The number of halogens is 1. The summed E-state index contributed by atoms with van der Waals surface area (Å²) in [7, 11) is 0. The minimum atomic E-state index is -0.210. The average molecular weight is 401 g/mol. The molecular weight excluding hydrogens is 373 g/mol. The van der Waals surface area contributed by atoms with Gasteiger partial charge in [0.1, 0.15) is 11.6 Å². The Kier molecular flexibility index (Phi) is 6.22. The minimum Gasteiger partial charge on any atom is -0.361 e. The number of nitrogens with one attached hydrogen (secondary N) is 3. The molecule has 0 bridgehead atoms. The lowest BCUT2D eigenvalue weighted by Crippen LogP contribution is -2.43. The molecule has 3 unspecified atom stereocenters. The molecule has 3 atom stereocenters. The van der Waals surface area contributed by atoms with Crippen molar-refractivity contribution in [3.05, 3.63) is 53.2 Å². The zero-order valence-electron chi connectivity index (χ0n) is 16.7. The normalized spacial score (nSPS) is 25.2. The van der Waals surface area contributed by atoms with Crippen LogP contribution < -0.4 is 16.2 Å². The molecule has 2 saturated heterocycles. The second-order valence-corrected chi connectivity index (χ2v) is 8.12. The fourth-order valence-corrected chi connectivity index (χ4v) is 4.35. The van der Waals surface area contributed by atoms with Crippen LogP contribution in [-0.4, -0.2) is 48.7 Å². The number of benzene rings is 1. The third kappa shape index (κ3) is 5.01. The van der Waals surface area contributed by atoms with E-state index in [1.54, 1.807) is 13.0 Å². The minimum absolute atomic E-state index is 0.172. The van der Waals surface area contributed by atoms with Crippen molar-refractivity contribution in [2.24, 2.45) is 11.8 Å². The molecule has 2 aliphatic heterocycles. The number of amides is 1. The Morgan fingerprint density at radius 3 is 2.97 bits per heavy atom. The van der Waals surface area contributed by atoms with Crippen LogP contribution in [-0.2, 0) is 0 Å². The van der Waals surface area contributed by atoms with Crippen LogP contribution in [0.1, 0.15) is 40.7 Å². The number of carbonyl (C=O) groups is 1. The number of carbonyl (C=O) groups excluding carboxylic acids is 1. The molecule has 29 heavy (non-hydrogen) atoms. The van der Waals surface area contributed by atoms with Gasteiger partial charge in [0.2, 0.25) is 0 Å². The number of aryl methyl sites for hydroxylation is 1.